The largest absolute Gasteiger partial charge is 0.344 e. The van der Waals surface area contributed by atoms with Crippen molar-refractivity contribution in [3.05, 3.63) is 15.9 Å². The number of aromatic nitrogens is 2. The fourth-order valence-corrected chi connectivity index (χ4v) is 3.64. The van der Waals surface area contributed by atoms with Gasteiger partial charge in [-0.3, -0.25) is 9.48 Å². The molecule has 2 heterocycles. The number of halogens is 1. The molecule has 17 heavy (non-hydrogen) atoms. The van der Waals surface area contributed by atoms with Crippen LogP contribution in [0.15, 0.2) is 4.60 Å². The Morgan fingerprint density at radius 1 is 1.41 bits per heavy atom. The summed E-state index contributed by atoms with van der Waals surface area (Å²) in [5.74, 6) is 0. The lowest BCUT2D eigenvalue weighted by Crippen LogP contribution is -2.61. The first-order valence-corrected chi connectivity index (χ1v) is 6.74. The van der Waals surface area contributed by atoms with Crippen LogP contribution in [0.3, 0.4) is 0 Å². The fraction of sp³-hybridized carbons (Fsp3) is 0.667. The van der Waals surface area contributed by atoms with Crippen LogP contribution in [0.25, 0.3) is 0 Å². The van der Waals surface area contributed by atoms with E-state index in [2.05, 4.69) is 39.6 Å². The Morgan fingerprint density at radius 3 is 2.53 bits per heavy atom. The van der Waals surface area contributed by atoms with Crippen molar-refractivity contribution in [2.75, 3.05) is 13.1 Å². The maximum Gasteiger partial charge on any atom is 0.209 e. The highest BCUT2D eigenvalue weighted by Gasteiger charge is 2.53. The number of nitrogens with zero attached hydrogens (tertiary/aromatic N) is 3. The van der Waals surface area contributed by atoms with Crippen LogP contribution in [0.4, 0.5) is 0 Å². The molecule has 2 fully saturated rings. The topological polar surface area (TPSA) is 38.1 Å². The molecule has 1 aromatic rings. The molecule has 1 amide bonds. The zero-order valence-corrected chi connectivity index (χ0v) is 11.7. The van der Waals surface area contributed by atoms with Crippen LogP contribution < -0.4 is 0 Å². The Balaban J connectivity index is 1.70. The monoisotopic (exact) mass is 297 g/mol. The van der Waals surface area contributed by atoms with Gasteiger partial charge in [-0.25, -0.2) is 0 Å². The molecular formula is C12H16BrN3O. The second kappa shape index (κ2) is 3.57. The Kier molecular flexibility index (Phi) is 2.37. The normalized spacial score (nSPS) is 22.4. The van der Waals surface area contributed by atoms with Gasteiger partial charge in [0, 0.05) is 29.8 Å². The summed E-state index contributed by atoms with van der Waals surface area (Å²) in [5, 5.41) is 4.55. The number of carbonyl (C=O) groups is 1. The molecular weight excluding hydrogens is 282 g/mol. The van der Waals surface area contributed by atoms with Crippen molar-refractivity contribution in [1.82, 2.24) is 14.7 Å². The smallest absolute Gasteiger partial charge is 0.209 e. The van der Waals surface area contributed by atoms with Crippen LogP contribution in [-0.2, 0) is 4.79 Å². The molecule has 1 spiro atoms. The molecule has 1 aromatic heterocycles. The van der Waals surface area contributed by atoms with E-state index in [1.807, 2.05) is 4.90 Å². The lowest BCUT2D eigenvalue weighted by molar-refractivity contribution is -0.140. The van der Waals surface area contributed by atoms with Crippen LogP contribution in [-0.4, -0.2) is 34.2 Å². The SMILES string of the molecule is Cc1c(Br)nn(C2CC3(C2)CN(C=O)C3)c1C. The summed E-state index contributed by atoms with van der Waals surface area (Å²) in [7, 11) is 0. The molecule has 1 saturated heterocycles. The summed E-state index contributed by atoms with van der Waals surface area (Å²) in [6, 6.07) is 0.522. The average Bonchev–Trinajstić information content (AvgIpc) is 2.43. The van der Waals surface area contributed by atoms with Crippen LogP contribution in [0, 0.1) is 19.3 Å². The first kappa shape index (κ1) is 11.3. The van der Waals surface area contributed by atoms with Gasteiger partial charge in [-0.2, -0.15) is 5.10 Å². The number of amides is 1. The summed E-state index contributed by atoms with van der Waals surface area (Å²) in [5.41, 5.74) is 2.89. The van der Waals surface area contributed by atoms with Gasteiger partial charge in [0.05, 0.1) is 6.04 Å². The number of hydrogen-bond acceptors (Lipinski definition) is 2. The summed E-state index contributed by atoms with van der Waals surface area (Å²) in [4.78, 5) is 12.4. The molecule has 4 nitrogen and oxygen atoms in total. The van der Waals surface area contributed by atoms with E-state index < -0.39 is 0 Å². The Bertz CT molecular complexity index is 468. The molecule has 1 aliphatic heterocycles. The molecule has 1 saturated carbocycles. The van der Waals surface area contributed by atoms with Crippen molar-refractivity contribution in [1.29, 1.82) is 0 Å². The second-order valence-electron chi connectivity index (χ2n) is 5.52. The lowest BCUT2D eigenvalue weighted by atomic mass is 9.61. The third-order valence-electron chi connectivity index (χ3n) is 4.30. The molecule has 2 aliphatic rings. The quantitative estimate of drug-likeness (QED) is 0.784. The third-order valence-corrected chi connectivity index (χ3v) is 5.05. The van der Waals surface area contributed by atoms with Crippen molar-refractivity contribution in [3.8, 4) is 0 Å². The molecule has 0 bridgehead atoms. The summed E-state index contributed by atoms with van der Waals surface area (Å²) < 4.78 is 3.10. The highest BCUT2D eigenvalue weighted by Crippen LogP contribution is 2.54. The third kappa shape index (κ3) is 1.55. The predicted octanol–water partition coefficient (Wildman–Crippen LogP) is 2.06. The van der Waals surface area contributed by atoms with E-state index >= 15 is 0 Å². The number of hydrogen-bond donors (Lipinski definition) is 0. The van der Waals surface area contributed by atoms with Gasteiger partial charge >= 0.3 is 0 Å². The van der Waals surface area contributed by atoms with Gasteiger partial charge in [0.2, 0.25) is 6.41 Å². The molecule has 1 aliphatic carbocycles. The molecule has 0 atom stereocenters. The molecule has 0 aromatic carbocycles. The maximum atomic E-state index is 10.6. The van der Waals surface area contributed by atoms with Gasteiger partial charge in [0.25, 0.3) is 0 Å². The number of likely N-dealkylation sites (tertiary alicyclic amines) is 1. The maximum absolute atomic E-state index is 10.6. The molecule has 92 valence electrons. The zero-order chi connectivity index (χ0) is 12.2. The number of rotatable bonds is 2. The minimum absolute atomic E-state index is 0.407. The van der Waals surface area contributed by atoms with E-state index in [1.54, 1.807) is 0 Å². The van der Waals surface area contributed by atoms with E-state index in [9.17, 15) is 4.79 Å². The average molecular weight is 298 g/mol. The Morgan fingerprint density at radius 2 is 2.06 bits per heavy atom. The van der Waals surface area contributed by atoms with Gasteiger partial charge in [-0.15, -0.1) is 0 Å². The molecule has 0 N–H and O–H groups in total. The van der Waals surface area contributed by atoms with Crippen molar-refractivity contribution in [2.24, 2.45) is 5.41 Å². The lowest BCUT2D eigenvalue weighted by Gasteiger charge is -2.58. The predicted molar refractivity (Wildman–Crippen MR) is 67.7 cm³/mol. The van der Waals surface area contributed by atoms with Crippen LogP contribution >= 0.6 is 15.9 Å². The van der Waals surface area contributed by atoms with Crippen LogP contribution in [0.5, 0.6) is 0 Å². The Hall–Kier alpha value is -0.840. The summed E-state index contributed by atoms with van der Waals surface area (Å²) in [6.07, 6.45) is 3.27. The van der Waals surface area contributed by atoms with Crippen molar-refractivity contribution >= 4 is 22.3 Å². The van der Waals surface area contributed by atoms with Crippen molar-refractivity contribution in [2.45, 2.75) is 32.7 Å². The summed E-state index contributed by atoms with van der Waals surface area (Å²) in [6.45, 7) is 6.09. The fourth-order valence-electron chi connectivity index (χ4n) is 3.18. The summed E-state index contributed by atoms with van der Waals surface area (Å²) >= 11 is 3.48. The second-order valence-corrected chi connectivity index (χ2v) is 6.27. The minimum Gasteiger partial charge on any atom is -0.344 e. The van der Waals surface area contributed by atoms with Crippen molar-refractivity contribution in [3.63, 3.8) is 0 Å². The van der Waals surface area contributed by atoms with E-state index in [-0.39, 0.29) is 0 Å². The van der Waals surface area contributed by atoms with Gasteiger partial charge in [0.15, 0.2) is 0 Å². The van der Waals surface area contributed by atoms with E-state index in [4.69, 9.17) is 0 Å². The molecule has 5 heteroatoms. The van der Waals surface area contributed by atoms with Gasteiger partial charge in [0.1, 0.15) is 4.60 Å². The molecule has 3 rings (SSSR count). The van der Waals surface area contributed by atoms with E-state index in [1.165, 1.54) is 11.3 Å². The number of carbonyl (C=O) groups excluding carboxylic acids is 1. The Labute approximate surface area is 109 Å². The highest BCUT2D eigenvalue weighted by atomic mass is 79.9. The zero-order valence-electron chi connectivity index (χ0n) is 10.1. The van der Waals surface area contributed by atoms with Crippen LogP contribution in [0.2, 0.25) is 0 Å². The van der Waals surface area contributed by atoms with Crippen LogP contribution in [0.1, 0.15) is 30.1 Å². The van der Waals surface area contributed by atoms with Gasteiger partial charge in [-0.1, -0.05) is 0 Å². The standard InChI is InChI=1S/C12H16BrN3O/c1-8-9(2)16(14-11(8)13)10-3-12(4-10)5-15(6-12)7-17/h7,10H,3-6H2,1-2H3. The minimum atomic E-state index is 0.407. The van der Waals surface area contributed by atoms with E-state index in [0.29, 0.717) is 11.5 Å². The molecule has 0 radical (unpaired) electrons. The highest BCUT2D eigenvalue weighted by molar-refractivity contribution is 9.10. The first-order valence-electron chi connectivity index (χ1n) is 5.95. The first-order chi connectivity index (χ1) is 8.04. The van der Waals surface area contributed by atoms with Gasteiger partial charge < -0.3 is 4.90 Å². The molecule has 0 unspecified atom stereocenters. The van der Waals surface area contributed by atoms with Crippen molar-refractivity contribution < 1.29 is 4.79 Å². The van der Waals surface area contributed by atoms with E-state index in [0.717, 1.165) is 36.9 Å². The van der Waals surface area contributed by atoms with Gasteiger partial charge in [-0.05, 0) is 42.6 Å².